The molecule has 2 aromatic rings. The number of sulfonamides is 1. The molecule has 0 radical (unpaired) electrons. The maximum absolute atomic E-state index is 13.1. The van der Waals surface area contributed by atoms with Gasteiger partial charge in [0.15, 0.2) is 0 Å². The van der Waals surface area contributed by atoms with Gasteiger partial charge in [-0.1, -0.05) is 29.8 Å². The minimum atomic E-state index is -3.88. The van der Waals surface area contributed by atoms with Gasteiger partial charge in [-0.25, -0.2) is 17.6 Å². The minimum Gasteiger partial charge on any atom is -0.480 e. The molecular formula is C17H18FNO4S. The summed E-state index contributed by atoms with van der Waals surface area (Å²) in [5, 5.41) is 9.57. The number of anilines is 1. The molecular weight excluding hydrogens is 333 g/mol. The molecule has 0 spiro atoms. The quantitative estimate of drug-likeness (QED) is 0.868. The average molecular weight is 351 g/mol. The number of carbonyl (C=O) groups is 1. The van der Waals surface area contributed by atoms with E-state index in [4.69, 9.17) is 0 Å². The Kier molecular flexibility index (Phi) is 5.23. The smallest absolute Gasteiger partial charge is 0.327 e. The van der Waals surface area contributed by atoms with E-state index in [0.717, 1.165) is 28.3 Å². The predicted octanol–water partition coefficient (Wildman–Crippen LogP) is 2.60. The standard InChI is InChI=1S/C17H18FNO4S/c1-12-4-3-5-13(10-12)11-16(17(20)21)19(24(2,22)23)15-8-6-14(18)7-9-15/h3-10,16H,11H2,1-2H3,(H,20,21)/t16-/m0/s1. The second-order valence-electron chi connectivity index (χ2n) is 5.58. The van der Waals surface area contributed by atoms with Crippen LogP contribution in [0, 0.1) is 12.7 Å². The zero-order valence-corrected chi connectivity index (χ0v) is 14.1. The van der Waals surface area contributed by atoms with Crippen LogP contribution in [0.15, 0.2) is 48.5 Å². The first-order valence-corrected chi connectivity index (χ1v) is 9.06. The van der Waals surface area contributed by atoms with Crippen molar-refractivity contribution in [1.82, 2.24) is 0 Å². The van der Waals surface area contributed by atoms with E-state index in [9.17, 15) is 22.7 Å². The first kappa shape index (κ1) is 17.9. The van der Waals surface area contributed by atoms with Crippen molar-refractivity contribution in [2.45, 2.75) is 19.4 Å². The number of hydrogen-bond donors (Lipinski definition) is 1. The molecule has 2 rings (SSSR count). The summed E-state index contributed by atoms with van der Waals surface area (Å²) in [4.78, 5) is 11.7. The van der Waals surface area contributed by atoms with Gasteiger partial charge >= 0.3 is 5.97 Å². The van der Waals surface area contributed by atoms with E-state index in [1.165, 1.54) is 12.1 Å². The van der Waals surface area contributed by atoms with Crippen molar-refractivity contribution in [2.75, 3.05) is 10.6 Å². The van der Waals surface area contributed by atoms with Crippen molar-refractivity contribution in [2.24, 2.45) is 0 Å². The highest BCUT2D eigenvalue weighted by molar-refractivity contribution is 7.92. The normalized spacial score (nSPS) is 12.6. The number of carboxylic acid groups (broad SMARTS) is 1. The number of hydrogen-bond acceptors (Lipinski definition) is 3. The Hall–Kier alpha value is -2.41. The lowest BCUT2D eigenvalue weighted by molar-refractivity contribution is -0.138. The Balaban J connectivity index is 2.47. The Morgan fingerprint density at radius 3 is 2.33 bits per heavy atom. The molecule has 0 fully saturated rings. The number of aryl methyl sites for hydroxylation is 1. The highest BCUT2D eigenvalue weighted by Gasteiger charge is 2.32. The summed E-state index contributed by atoms with van der Waals surface area (Å²) in [5.74, 6) is -1.80. The van der Waals surface area contributed by atoms with Gasteiger partial charge in [0.2, 0.25) is 10.0 Å². The van der Waals surface area contributed by atoms with Gasteiger partial charge in [0, 0.05) is 6.42 Å². The maximum Gasteiger partial charge on any atom is 0.327 e. The summed E-state index contributed by atoms with van der Waals surface area (Å²) in [6, 6.07) is 10.6. The lowest BCUT2D eigenvalue weighted by atomic mass is 10.0. The van der Waals surface area contributed by atoms with E-state index >= 15 is 0 Å². The van der Waals surface area contributed by atoms with Gasteiger partial charge in [0.05, 0.1) is 11.9 Å². The first-order chi connectivity index (χ1) is 11.2. The molecule has 5 nitrogen and oxygen atoms in total. The lowest BCUT2D eigenvalue weighted by Crippen LogP contribution is -2.46. The highest BCUT2D eigenvalue weighted by Crippen LogP contribution is 2.23. The molecule has 0 amide bonds. The van der Waals surface area contributed by atoms with Crippen LogP contribution in [-0.4, -0.2) is 31.8 Å². The Morgan fingerprint density at radius 2 is 1.83 bits per heavy atom. The maximum atomic E-state index is 13.1. The summed E-state index contributed by atoms with van der Waals surface area (Å²) < 4.78 is 38.3. The summed E-state index contributed by atoms with van der Waals surface area (Å²) in [6.45, 7) is 1.87. The molecule has 0 unspecified atom stereocenters. The van der Waals surface area contributed by atoms with E-state index in [1.54, 1.807) is 18.2 Å². The molecule has 2 aromatic carbocycles. The molecule has 0 aromatic heterocycles. The van der Waals surface area contributed by atoms with Crippen molar-refractivity contribution in [1.29, 1.82) is 0 Å². The van der Waals surface area contributed by atoms with Crippen LogP contribution in [0.5, 0.6) is 0 Å². The molecule has 0 heterocycles. The van der Waals surface area contributed by atoms with Gasteiger partial charge in [0.25, 0.3) is 0 Å². The number of carboxylic acids is 1. The molecule has 1 N–H and O–H groups in total. The SMILES string of the molecule is Cc1cccc(C[C@@H](C(=O)O)N(c2ccc(F)cc2)S(C)(=O)=O)c1. The van der Waals surface area contributed by atoms with Gasteiger partial charge in [-0.3, -0.25) is 4.31 Å². The van der Waals surface area contributed by atoms with Crippen molar-refractivity contribution >= 4 is 21.7 Å². The number of benzene rings is 2. The van der Waals surface area contributed by atoms with Crippen LogP contribution in [0.1, 0.15) is 11.1 Å². The van der Waals surface area contributed by atoms with Gasteiger partial charge in [-0.05, 0) is 36.8 Å². The van der Waals surface area contributed by atoms with E-state index in [-0.39, 0.29) is 12.1 Å². The van der Waals surface area contributed by atoms with Gasteiger partial charge in [0.1, 0.15) is 11.9 Å². The molecule has 24 heavy (non-hydrogen) atoms. The fraction of sp³-hybridized carbons (Fsp3) is 0.235. The molecule has 0 aliphatic carbocycles. The van der Waals surface area contributed by atoms with Crippen LogP contribution in [0.25, 0.3) is 0 Å². The van der Waals surface area contributed by atoms with E-state index in [2.05, 4.69) is 0 Å². The fourth-order valence-corrected chi connectivity index (χ4v) is 3.66. The summed E-state index contributed by atoms with van der Waals surface area (Å²) in [6.07, 6.45) is 0.935. The van der Waals surface area contributed by atoms with Crippen molar-refractivity contribution < 1.29 is 22.7 Å². The van der Waals surface area contributed by atoms with Crippen LogP contribution >= 0.6 is 0 Å². The fourth-order valence-electron chi connectivity index (χ4n) is 2.52. The topological polar surface area (TPSA) is 74.7 Å². The first-order valence-electron chi connectivity index (χ1n) is 7.22. The molecule has 7 heteroatoms. The second-order valence-corrected chi connectivity index (χ2v) is 7.44. The van der Waals surface area contributed by atoms with Crippen molar-refractivity contribution in [3.05, 3.63) is 65.5 Å². The predicted molar refractivity (Wildman–Crippen MR) is 90.0 cm³/mol. The van der Waals surface area contributed by atoms with Crippen LogP contribution in [0.3, 0.4) is 0 Å². The number of nitrogens with zero attached hydrogens (tertiary/aromatic N) is 1. The monoisotopic (exact) mass is 351 g/mol. The van der Waals surface area contributed by atoms with E-state index in [0.29, 0.717) is 5.56 Å². The molecule has 1 atom stereocenters. The lowest BCUT2D eigenvalue weighted by Gasteiger charge is -2.29. The Labute approximate surface area is 140 Å². The van der Waals surface area contributed by atoms with E-state index in [1.807, 2.05) is 13.0 Å². The van der Waals surface area contributed by atoms with Crippen LogP contribution in [-0.2, 0) is 21.2 Å². The van der Waals surface area contributed by atoms with Crippen molar-refractivity contribution in [3.63, 3.8) is 0 Å². The van der Waals surface area contributed by atoms with Crippen molar-refractivity contribution in [3.8, 4) is 0 Å². The number of rotatable bonds is 6. The highest BCUT2D eigenvalue weighted by atomic mass is 32.2. The summed E-state index contributed by atoms with van der Waals surface area (Å²) >= 11 is 0. The summed E-state index contributed by atoms with van der Waals surface area (Å²) in [7, 11) is -3.88. The number of halogens is 1. The molecule has 0 aliphatic heterocycles. The van der Waals surface area contributed by atoms with E-state index < -0.39 is 27.9 Å². The van der Waals surface area contributed by atoms with Gasteiger partial charge in [-0.15, -0.1) is 0 Å². The molecule has 0 aliphatic rings. The summed E-state index contributed by atoms with van der Waals surface area (Å²) in [5.41, 5.74) is 1.77. The zero-order chi connectivity index (χ0) is 17.9. The zero-order valence-electron chi connectivity index (χ0n) is 13.3. The average Bonchev–Trinajstić information content (AvgIpc) is 2.47. The number of aliphatic carboxylic acids is 1. The van der Waals surface area contributed by atoms with Crippen LogP contribution in [0.4, 0.5) is 10.1 Å². The largest absolute Gasteiger partial charge is 0.480 e. The Bertz CT molecular complexity index is 834. The van der Waals surface area contributed by atoms with Crippen LogP contribution in [0.2, 0.25) is 0 Å². The van der Waals surface area contributed by atoms with Gasteiger partial charge < -0.3 is 5.11 Å². The molecule has 0 saturated carbocycles. The van der Waals surface area contributed by atoms with Gasteiger partial charge in [-0.2, -0.15) is 0 Å². The molecule has 0 saturated heterocycles. The molecule has 128 valence electrons. The van der Waals surface area contributed by atoms with Crippen LogP contribution < -0.4 is 4.31 Å². The second kappa shape index (κ2) is 7.00. The minimum absolute atomic E-state index is 0.00145. The third-order valence-corrected chi connectivity index (χ3v) is 4.70. The Morgan fingerprint density at radius 1 is 1.21 bits per heavy atom. The third-order valence-electron chi connectivity index (χ3n) is 3.52. The third kappa shape index (κ3) is 4.32. The molecule has 0 bridgehead atoms.